The molecule has 1 fully saturated rings. The van der Waals surface area contributed by atoms with Crippen molar-refractivity contribution in [1.29, 1.82) is 0 Å². The molecule has 1 saturated carbocycles. The first-order chi connectivity index (χ1) is 13.4. The highest BCUT2D eigenvalue weighted by Gasteiger charge is 2.48. The van der Waals surface area contributed by atoms with Gasteiger partial charge < -0.3 is 20.1 Å². The van der Waals surface area contributed by atoms with E-state index in [1.54, 1.807) is 25.3 Å². The molecule has 0 aromatic heterocycles. The van der Waals surface area contributed by atoms with E-state index < -0.39 is 0 Å². The van der Waals surface area contributed by atoms with Crippen LogP contribution in [0.15, 0.2) is 42.5 Å². The monoisotopic (exact) mass is 382 g/mol. The lowest BCUT2D eigenvalue weighted by Gasteiger charge is -2.14. The molecule has 0 radical (unpaired) electrons. The van der Waals surface area contributed by atoms with E-state index in [0.717, 1.165) is 11.3 Å². The van der Waals surface area contributed by atoms with Crippen LogP contribution in [0.3, 0.4) is 0 Å². The van der Waals surface area contributed by atoms with Crippen molar-refractivity contribution in [2.75, 3.05) is 24.9 Å². The Kier molecular flexibility index (Phi) is 5.87. The van der Waals surface area contributed by atoms with Gasteiger partial charge in [-0.15, -0.1) is 0 Å². The maximum atomic E-state index is 12.6. The lowest BCUT2D eigenvalue weighted by atomic mass is 10.0. The van der Waals surface area contributed by atoms with E-state index in [4.69, 9.17) is 9.47 Å². The predicted molar refractivity (Wildman–Crippen MR) is 109 cm³/mol. The van der Waals surface area contributed by atoms with E-state index in [0.29, 0.717) is 29.5 Å². The summed E-state index contributed by atoms with van der Waals surface area (Å²) in [6.45, 7) is 4.17. The molecule has 0 aliphatic heterocycles. The van der Waals surface area contributed by atoms with E-state index in [9.17, 15) is 9.59 Å². The Morgan fingerprint density at radius 1 is 0.929 bits per heavy atom. The van der Waals surface area contributed by atoms with Crippen molar-refractivity contribution in [2.45, 2.75) is 26.2 Å². The number of hydrogen-bond acceptors (Lipinski definition) is 4. The fourth-order valence-electron chi connectivity index (χ4n) is 3.24. The molecule has 2 aromatic rings. The molecule has 2 N–H and O–H groups in total. The summed E-state index contributed by atoms with van der Waals surface area (Å²) in [5.41, 5.74) is 2.45. The van der Waals surface area contributed by atoms with Gasteiger partial charge in [0.25, 0.3) is 0 Å². The number of rotatable bonds is 7. The Morgan fingerprint density at radius 3 is 2.18 bits per heavy atom. The van der Waals surface area contributed by atoms with Gasteiger partial charge in [-0.1, -0.05) is 32.0 Å². The van der Waals surface area contributed by atoms with Crippen LogP contribution in [0.5, 0.6) is 11.5 Å². The van der Waals surface area contributed by atoms with Crippen molar-refractivity contribution in [2.24, 2.45) is 11.8 Å². The third kappa shape index (κ3) is 4.27. The summed E-state index contributed by atoms with van der Waals surface area (Å²) >= 11 is 0. The van der Waals surface area contributed by atoms with E-state index in [2.05, 4.69) is 24.5 Å². The maximum absolute atomic E-state index is 12.6. The number of hydrogen-bond donors (Lipinski definition) is 2. The molecule has 2 atom stereocenters. The number of carbonyl (C=O) groups excluding carboxylic acids is 2. The molecule has 148 valence electrons. The van der Waals surface area contributed by atoms with Crippen LogP contribution in [0, 0.1) is 11.8 Å². The molecule has 0 spiro atoms. The van der Waals surface area contributed by atoms with Crippen molar-refractivity contribution in [3.63, 3.8) is 0 Å². The molecule has 0 bridgehead atoms. The van der Waals surface area contributed by atoms with Crippen molar-refractivity contribution < 1.29 is 19.1 Å². The summed E-state index contributed by atoms with van der Waals surface area (Å²) < 4.78 is 10.5. The smallest absolute Gasteiger partial charge is 0.228 e. The number of nitrogens with one attached hydrogen (secondary N) is 2. The molecule has 3 rings (SSSR count). The molecule has 6 heteroatoms. The lowest BCUT2D eigenvalue weighted by Crippen LogP contribution is -2.21. The van der Waals surface area contributed by atoms with Crippen LogP contribution in [0.2, 0.25) is 0 Å². The molecule has 0 saturated heterocycles. The summed E-state index contributed by atoms with van der Waals surface area (Å²) in [5, 5.41) is 5.83. The molecule has 1 aliphatic rings. The predicted octanol–water partition coefficient (Wildman–Crippen LogP) is 4.04. The van der Waals surface area contributed by atoms with Gasteiger partial charge in [-0.3, -0.25) is 9.59 Å². The molecular weight excluding hydrogens is 356 g/mol. The van der Waals surface area contributed by atoms with Gasteiger partial charge in [-0.25, -0.2) is 0 Å². The van der Waals surface area contributed by atoms with E-state index in [1.807, 2.05) is 24.3 Å². The van der Waals surface area contributed by atoms with Gasteiger partial charge in [-0.2, -0.15) is 0 Å². The zero-order chi connectivity index (χ0) is 20.3. The Labute approximate surface area is 165 Å². The number of carbonyl (C=O) groups is 2. The minimum absolute atomic E-state index is 0.116. The van der Waals surface area contributed by atoms with Crippen LogP contribution in [-0.4, -0.2) is 26.0 Å². The highest BCUT2D eigenvalue weighted by Crippen LogP contribution is 2.41. The van der Waals surface area contributed by atoms with Crippen LogP contribution < -0.4 is 20.1 Å². The average Bonchev–Trinajstić information content (AvgIpc) is 3.49. The zero-order valence-corrected chi connectivity index (χ0v) is 16.6. The summed E-state index contributed by atoms with van der Waals surface area (Å²) in [5.74, 6) is 0.512. The SMILES string of the molecule is COc1ccc(NC(=O)C2CC2C(=O)Nc2ccccc2C(C)C)c(OC)c1. The van der Waals surface area contributed by atoms with Gasteiger partial charge >= 0.3 is 0 Å². The second kappa shape index (κ2) is 8.33. The third-order valence-electron chi connectivity index (χ3n) is 4.97. The maximum Gasteiger partial charge on any atom is 0.228 e. The van der Waals surface area contributed by atoms with Gasteiger partial charge in [0.2, 0.25) is 11.8 Å². The lowest BCUT2D eigenvalue weighted by molar-refractivity contribution is -0.122. The Bertz CT molecular complexity index is 879. The first-order valence-electron chi connectivity index (χ1n) is 9.37. The quantitative estimate of drug-likeness (QED) is 0.758. The molecule has 6 nitrogen and oxygen atoms in total. The third-order valence-corrected chi connectivity index (χ3v) is 4.97. The number of para-hydroxylation sites is 1. The Hall–Kier alpha value is -3.02. The largest absolute Gasteiger partial charge is 0.497 e. The second-order valence-corrected chi connectivity index (χ2v) is 7.24. The summed E-state index contributed by atoms with van der Waals surface area (Å²) in [6.07, 6.45) is 0.542. The first-order valence-corrected chi connectivity index (χ1v) is 9.37. The normalized spacial score (nSPS) is 17.8. The molecule has 2 unspecified atom stereocenters. The summed E-state index contributed by atoms with van der Waals surface area (Å²) in [4.78, 5) is 25.2. The van der Waals surface area contributed by atoms with E-state index >= 15 is 0 Å². The highest BCUT2D eigenvalue weighted by molar-refractivity contribution is 6.04. The zero-order valence-electron chi connectivity index (χ0n) is 16.6. The Balaban J connectivity index is 1.62. The number of ether oxygens (including phenoxy) is 2. The van der Waals surface area contributed by atoms with Crippen LogP contribution in [-0.2, 0) is 9.59 Å². The number of amides is 2. The van der Waals surface area contributed by atoms with Crippen molar-refractivity contribution in [3.8, 4) is 11.5 Å². The summed E-state index contributed by atoms with van der Waals surface area (Å²) in [6, 6.07) is 12.9. The second-order valence-electron chi connectivity index (χ2n) is 7.24. The van der Waals surface area contributed by atoms with Gasteiger partial charge in [0.05, 0.1) is 31.7 Å². The van der Waals surface area contributed by atoms with Gasteiger partial charge in [-0.05, 0) is 36.1 Å². The molecule has 1 aliphatic carbocycles. The molecular formula is C22H26N2O4. The number of anilines is 2. The Morgan fingerprint density at radius 2 is 1.57 bits per heavy atom. The van der Waals surface area contributed by atoms with Crippen LogP contribution in [0.25, 0.3) is 0 Å². The number of methoxy groups -OCH3 is 2. The molecule has 2 amide bonds. The highest BCUT2D eigenvalue weighted by atomic mass is 16.5. The molecule has 0 heterocycles. The summed E-state index contributed by atoms with van der Waals surface area (Å²) in [7, 11) is 3.10. The fraction of sp³-hybridized carbons (Fsp3) is 0.364. The minimum Gasteiger partial charge on any atom is -0.497 e. The fourth-order valence-corrected chi connectivity index (χ4v) is 3.24. The van der Waals surface area contributed by atoms with Crippen LogP contribution >= 0.6 is 0 Å². The van der Waals surface area contributed by atoms with Crippen LogP contribution in [0.4, 0.5) is 11.4 Å². The van der Waals surface area contributed by atoms with Gasteiger partial charge in [0, 0.05) is 11.8 Å². The van der Waals surface area contributed by atoms with Crippen molar-refractivity contribution >= 4 is 23.2 Å². The van der Waals surface area contributed by atoms with Crippen LogP contribution in [0.1, 0.15) is 31.7 Å². The van der Waals surface area contributed by atoms with Crippen molar-refractivity contribution in [3.05, 3.63) is 48.0 Å². The average molecular weight is 382 g/mol. The number of benzene rings is 2. The van der Waals surface area contributed by atoms with E-state index in [1.165, 1.54) is 7.11 Å². The molecule has 2 aromatic carbocycles. The minimum atomic E-state index is -0.335. The topological polar surface area (TPSA) is 76.7 Å². The van der Waals surface area contributed by atoms with Gasteiger partial charge in [0.1, 0.15) is 11.5 Å². The van der Waals surface area contributed by atoms with E-state index in [-0.39, 0.29) is 23.7 Å². The standard InChI is InChI=1S/C22H26N2O4/c1-13(2)15-7-5-6-8-18(15)23-21(25)16-12-17(16)22(26)24-19-10-9-14(27-3)11-20(19)28-4/h5-11,13,16-17H,12H2,1-4H3,(H,23,25)(H,24,26). The van der Waals surface area contributed by atoms with Gasteiger partial charge in [0.15, 0.2) is 0 Å². The first kappa shape index (κ1) is 19.7. The molecule has 28 heavy (non-hydrogen) atoms. The van der Waals surface area contributed by atoms with Crippen molar-refractivity contribution in [1.82, 2.24) is 0 Å².